The van der Waals surface area contributed by atoms with E-state index in [2.05, 4.69) is 20.4 Å². The van der Waals surface area contributed by atoms with Crippen LogP contribution < -0.4 is 16.4 Å². The zero-order valence-electron chi connectivity index (χ0n) is 24.0. The van der Waals surface area contributed by atoms with Crippen molar-refractivity contribution in [1.29, 1.82) is 5.41 Å². The van der Waals surface area contributed by atoms with Crippen LogP contribution in [0, 0.1) is 28.6 Å². The van der Waals surface area contributed by atoms with Crippen LogP contribution >= 0.6 is 0 Å². The molecule has 4 fully saturated rings. The van der Waals surface area contributed by atoms with E-state index in [1.165, 1.54) is 19.3 Å². The van der Waals surface area contributed by atoms with Gasteiger partial charge in [-0.15, -0.1) is 0 Å². The van der Waals surface area contributed by atoms with E-state index in [-0.39, 0.29) is 48.9 Å². The van der Waals surface area contributed by atoms with Gasteiger partial charge in [-0.25, -0.2) is 19.4 Å². The highest BCUT2D eigenvalue weighted by Gasteiger charge is 2.50. The molecule has 4 saturated carbocycles. The minimum absolute atomic E-state index is 0.0761. The number of nitrogen functional groups attached to an aromatic ring is 1. The predicted octanol–water partition coefficient (Wildman–Crippen LogP) is 3.84. The third-order valence-electron chi connectivity index (χ3n) is 8.95. The summed E-state index contributed by atoms with van der Waals surface area (Å²) in [7, 11) is 0. The first-order chi connectivity index (χ1) is 20.3. The van der Waals surface area contributed by atoms with Crippen molar-refractivity contribution in [2.24, 2.45) is 28.9 Å². The Bertz CT molecular complexity index is 1170. The normalized spacial score (nSPS) is 24.6. The molecule has 13 heteroatoms. The number of rotatable bonds is 13. The third-order valence-corrected chi connectivity index (χ3v) is 8.95. The summed E-state index contributed by atoms with van der Waals surface area (Å²) in [5.41, 5.74) is 6.89. The molecule has 5 N–H and O–H groups in total. The molecule has 4 aliphatic rings. The van der Waals surface area contributed by atoms with Crippen molar-refractivity contribution < 1.29 is 42.1 Å². The number of nitrogens with two attached hydrogens (primary N) is 1. The summed E-state index contributed by atoms with van der Waals surface area (Å²) in [6.07, 6.45) is 3.18. The highest BCUT2D eigenvalue weighted by atomic mass is 19.4. The molecule has 43 heavy (non-hydrogen) atoms. The van der Waals surface area contributed by atoms with Gasteiger partial charge < -0.3 is 16.4 Å². The molecule has 2 amide bonds. The predicted molar refractivity (Wildman–Crippen MR) is 148 cm³/mol. The van der Waals surface area contributed by atoms with Crippen molar-refractivity contribution >= 4 is 29.6 Å². The van der Waals surface area contributed by atoms with Gasteiger partial charge in [0, 0.05) is 24.6 Å². The lowest BCUT2D eigenvalue weighted by Gasteiger charge is -2.57. The number of hydrogen-bond acceptors (Lipinski definition) is 7. The maximum atomic E-state index is 12.9. The van der Waals surface area contributed by atoms with Gasteiger partial charge in [-0.3, -0.25) is 15.0 Å². The van der Waals surface area contributed by atoms with E-state index in [0.29, 0.717) is 12.0 Å². The van der Waals surface area contributed by atoms with E-state index in [1.54, 1.807) is 24.3 Å². The maximum absolute atomic E-state index is 12.9. The first-order valence-corrected chi connectivity index (χ1v) is 14.8. The van der Waals surface area contributed by atoms with Crippen molar-refractivity contribution in [2.45, 2.75) is 89.3 Å². The van der Waals surface area contributed by atoms with Crippen molar-refractivity contribution in [3.8, 4) is 0 Å². The number of amides is 2. The first kappa shape index (κ1) is 32.3. The zero-order chi connectivity index (χ0) is 31.2. The Morgan fingerprint density at radius 1 is 0.977 bits per heavy atom. The Morgan fingerprint density at radius 2 is 1.58 bits per heavy atom. The molecule has 0 aromatic heterocycles. The van der Waals surface area contributed by atoms with Crippen LogP contribution in [-0.4, -0.2) is 48.4 Å². The number of halogens is 3. The third kappa shape index (κ3) is 9.42. The van der Waals surface area contributed by atoms with Gasteiger partial charge in [0.1, 0.15) is 5.84 Å². The van der Waals surface area contributed by atoms with E-state index in [9.17, 15) is 32.3 Å². The Balaban J connectivity index is 1.25. The van der Waals surface area contributed by atoms with Crippen molar-refractivity contribution in [3.63, 3.8) is 0 Å². The highest BCUT2D eigenvalue weighted by Crippen LogP contribution is 2.61. The second-order valence-corrected chi connectivity index (χ2v) is 12.5. The van der Waals surface area contributed by atoms with Crippen LogP contribution in [0.4, 0.5) is 13.2 Å². The fraction of sp³-hybridized carbons (Fsp3) is 0.633. The molecule has 1 aromatic rings. The van der Waals surface area contributed by atoms with Gasteiger partial charge in [0.25, 0.3) is 0 Å². The highest BCUT2D eigenvalue weighted by molar-refractivity contribution is 5.95. The lowest BCUT2D eigenvalue weighted by Crippen LogP contribution is -2.46. The molecule has 4 bridgehead atoms. The smallest absolute Gasteiger partial charge is 0.384 e. The summed E-state index contributed by atoms with van der Waals surface area (Å²) < 4.78 is 37.1. The fourth-order valence-corrected chi connectivity index (χ4v) is 7.49. The SMILES string of the molecule is N=C(N)c1ccc(CC(=O)NCCC[C@@H](CC(=O)OOC(=O)C(F)(F)F)NC(=O)CCC23CC4CC(CC(C4)C2)C3)cc1. The van der Waals surface area contributed by atoms with Crippen LogP contribution in [-0.2, 0) is 35.4 Å². The Hall–Kier alpha value is -3.64. The molecule has 0 radical (unpaired) electrons. The monoisotopic (exact) mass is 608 g/mol. The number of nitrogens with one attached hydrogen (secondary N) is 3. The summed E-state index contributed by atoms with van der Waals surface area (Å²) in [6.45, 7) is 0.224. The van der Waals surface area contributed by atoms with Crippen LogP contribution in [0.2, 0.25) is 0 Å². The van der Waals surface area contributed by atoms with Crippen molar-refractivity contribution in [3.05, 3.63) is 35.4 Å². The van der Waals surface area contributed by atoms with Crippen molar-refractivity contribution in [1.82, 2.24) is 10.6 Å². The molecule has 0 spiro atoms. The average molecular weight is 609 g/mol. The van der Waals surface area contributed by atoms with Gasteiger partial charge in [0.15, 0.2) is 0 Å². The Kier molecular flexibility index (Phi) is 10.3. The molecule has 10 nitrogen and oxygen atoms in total. The lowest BCUT2D eigenvalue weighted by molar-refractivity contribution is -0.286. The summed E-state index contributed by atoms with van der Waals surface area (Å²) in [6, 6.07) is 5.89. The van der Waals surface area contributed by atoms with Gasteiger partial charge in [0.05, 0.1) is 12.8 Å². The van der Waals surface area contributed by atoms with E-state index in [1.807, 2.05) is 0 Å². The van der Waals surface area contributed by atoms with Crippen molar-refractivity contribution in [2.75, 3.05) is 6.54 Å². The first-order valence-electron chi connectivity index (χ1n) is 14.8. The molecular formula is C30H39F3N4O6. The fourth-order valence-electron chi connectivity index (χ4n) is 7.49. The summed E-state index contributed by atoms with van der Waals surface area (Å²) >= 11 is 0. The van der Waals surface area contributed by atoms with E-state index < -0.39 is 30.6 Å². The standard InChI is InChI=1S/C30H39F3N4O6/c31-30(32,33)28(41)43-42-26(40)14-23(2-1-9-36-25(39)13-18-3-5-22(6-4-18)27(34)35)37-24(38)7-8-29-15-19-10-20(16-29)12-21(11-19)17-29/h3-6,19-21,23H,1-2,7-17H2,(H3,34,35)(H,36,39)(H,37,38)/t19?,20?,21?,23-,29?/m0/s1. The minimum Gasteiger partial charge on any atom is -0.384 e. The lowest BCUT2D eigenvalue weighted by atomic mass is 9.48. The van der Waals surface area contributed by atoms with Gasteiger partial charge >= 0.3 is 18.1 Å². The molecule has 236 valence electrons. The Morgan fingerprint density at radius 3 is 2.14 bits per heavy atom. The number of carbonyl (C=O) groups is 4. The second kappa shape index (κ2) is 13.8. The van der Waals surface area contributed by atoms with E-state index >= 15 is 0 Å². The zero-order valence-corrected chi connectivity index (χ0v) is 24.0. The molecular weight excluding hydrogens is 569 g/mol. The summed E-state index contributed by atoms with van der Waals surface area (Å²) in [5, 5.41) is 13.0. The molecule has 0 aliphatic heterocycles. The van der Waals surface area contributed by atoms with Crippen LogP contribution in [0.15, 0.2) is 24.3 Å². The van der Waals surface area contributed by atoms with Gasteiger partial charge in [-0.2, -0.15) is 13.2 Å². The van der Waals surface area contributed by atoms with Crippen LogP contribution in [0.25, 0.3) is 0 Å². The molecule has 5 rings (SSSR count). The number of carbonyl (C=O) groups excluding carboxylic acids is 4. The molecule has 0 unspecified atom stereocenters. The number of benzene rings is 1. The molecule has 4 aliphatic carbocycles. The number of amidine groups is 1. The quantitative estimate of drug-likeness (QED) is 0.0870. The molecule has 0 heterocycles. The number of alkyl halides is 3. The Labute approximate surface area is 248 Å². The average Bonchev–Trinajstić information content (AvgIpc) is 2.92. The van der Waals surface area contributed by atoms with Gasteiger partial charge in [-0.1, -0.05) is 24.3 Å². The summed E-state index contributed by atoms with van der Waals surface area (Å²) in [5.74, 6) is -2.27. The van der Waals surface area contributed by atoms with Gasteiger partial charge in [-0.05, 0) is 86.5 Å². The largest absolute Gasteiger partial charge is 0.495 e. The number of hydrogen-bond donors (Lipinski definition) is 4. The second-order valence-electron chi connectivity index (χ2n) is 12.5. The minimum atomic E-state index is -5.32. The molecule has 1 atom stereocenters. The van der Waals surface area contributed by atoms with Crippen LogP contribution in [0.1, 0.15) is 81.8 Å². The maximum Gasteiger partial charge on any atom is 0.495 e. The topological polar surface area (TPSA) is 161 Å². The van der Waals surface area contributed by atoms with Gasteiger partial charge in [0.2, 0.25) is 11.8 Å². The molecule has 1 aromatic carbocycles. The summed E-state index contributed by atoms with van der Waals surface area (Å²) in [4.78, 5) is 56.0. The van der Waals surface area contributed by atoms with E-state index in [4.69, 9.17) is 11.1 Å². The van der Waals surface area contributed by atoms with Crippen LogP contribution in [0.5, 0.6) is 0 Å². The molecule has 0 saturated heterocycles. The van der Waals surface area contributed by atoms with E-state index in [0.717, 1.165) is 49.0 Å². The van der Waals surface area contributed by atoms with Crippen LogP contribution in [0.3, 0.4) is 0 Å².